The molecule has 1 aromatic rings. The summed E-state index contributed by atoms with van der Waals surface area (Å²) in [4.78, 5) is 22.5. The lowest BCUT2D eigenvalue weighted by atomic mass is 10.2. The van der Waals surface area contributed by atoms with Gasteiger partial charge in [-0.05, 0) is 18.2 Å². The van der Waals surface area contributed by atoms with Crippen LogP contribution >= 0.6 is 22.9 Å². The third-order valence-corrected chi connectivity index (χ3v) is 3.71. The highest BCUT2D eigenvalue weighted by Gasteiger charge is 2.10. The van der Waals surface area contributed by atoms with Gasteiger partial charge in [0.1, 0.15) is 11.3 Å². The van der Waals surface area contributed by atoms with Gasteiger partial charge in [0.15, 0.2) is 0 Å². The highest BCUT2D eigenvalue weighted by Crippen LogP contribution is 2.21. The van der Waals surface area contributed by atoms with Gasteiger partial charge in [-0.2, -0.15) is 0 Å². The average Bonchev–Trinajstić information content (AvgIpc) is 2.84. The van der Waals surface area contributed by atoms with E-state index in [1.165, 1.54) is 11.3 Å². The predicted octanol–water partition coefficient (Wildman–Crippen LogP) is 1.16. The molecule has 0 atom stereocenters. The third-order valence-electron chi connectivity index (χ3n) is 2.53. The second kappa shape index (κ2) is 4.12. The van der Waals surface area contributed by atoms with E-state index in [0.717, 1.165) is 10.4 Å². The van der Waals surface area contributed by atoms with Gasteiger partial charge in [0, 0.05) is 16.6 Å². The lowest BCUT2D eigenvalue weighted by molar-refractivity contribution is 1.07. The van der Waals surface area contributed by atoms with Crippen LogP contribution in [-0.4, -0.2) is 15.0 Å². The van der Waals surface area contributed by atoms with E-state index in [-0.39, 0.29) is 5.56 Å². The second-order valence-corrected chi connectivity index (χ2v) is 5.51. The molecule has 4 nitrogen and oxygen atoms in total. The van der Waals surface area contributed by atoms with E-state index in [1.807, 2.05) is 6.07 Å². The van der Waals surface area contributed by atoms with Crippen molar-refractivity contribution < 1.29 is 0 Å². The van der Waals surface area contributed by atoms with Crippen molar-refractivity contribution in [3.63, 3.8) is 0 Å². The predicted molar refractivity (Wildman–Crippen MR) is 73.5 cm³/mol. The van der Waals surface area contributed by atoms with Crippen LogP contribution < -0.4 is 16.3 Å². The maximum absolute atomic E-state index is 11.9. The Bertz CT molecular complexity index is 845. The fourth-order valence-electron chi connectivity index (χ4n) is 1.74. The summed E-state index contributed by atoms with van der Waals surface area (Å²) >= 11 is 7.29. The number of hydrogen-bond donors (Lipinski definition) is 2. The molecule has 6 heteroatoms. The van der Waals surface area contributed by atoms with Gasteiger partial charge in [-0.15, -0.1) is 11.3 Å². The first-order valence-electron chi connectivity index (χ1n) is 5.17. The highest BCUT2D eigenvalue weighted by atomic mass is 35.5. The molecule has 2 aliphatic heterocycles. The molecule has 0 aromatic carbocycles. The Morgan fingerprint density at radius 2 is 2.28 bits per heavy atom. The molecule has 0 spiro atoms. The maximum Gasteiger partial charge on any atom is 0.257 e. The largest absolute Gasteiger partial charge is 0.346 e. The van der Waals surface area contributed by atoms with Crippen molar-refractivity contribution in [3.8, 4) is 11.4 Å². The van der Waals surface area contributed by atoms with Crippen LogP contribution in [0.3, 0.4) is 0 Å². The topological polar surface area (TPSA) is 61.5 Å². The molecule has 3 rings (SSSR count). The third kappa shape index (κ3) is 1.87. The lowest BCUT2D eigenvalue weighted by Gasteiger charge is -1.94. The second-order valence-electron chi connectivity index (χ2n) is 3.76. The number of halogens is 1. The number of hydrogen-bond acceptors (Lipinski definition) is 3. The van der Waals surface area contributed by atoms with E-state index < -0.39 is 0 Å². The van der Waals surface area contributed by atoms with E-state index >= 15 is 0 Å². The number of rotatable bonds is 1. The number of nitrogens with one attached hydrogen (secondary N) is 2. The van der Waals surface area contributed by atoms with Crippen LogP contribution in [0.25, 0.3) is 24.0 Å². The summed E-state index contributed by atoms with van der Waals surface area (Å²) in [6.45, 7) is 3.68. The van der Waals surface area contributed by atoms with Gasteiger partial charge < -0.3 is 9.97 Å². The quantitative estimate of drug-likeness (QED) is 0.701. The first-order valence-corrected chi connectivity index (χ1v) is 6.36. The number of aromatic nitrogens is 3. The summed E-state index contributed by atoms with van der Waals surface area (Å²) in [6, 6.07) is 3.67. The number of aromatic amines is 2. The van der Waals surface area contributed by atoms with Crippen LogP contribution in [0.15, 0.2) is 23.1 Å². The van der Waals surface area contributed by atoms with E-state index in [9.17, 15) is 4.79 Å². The molecule has 1 aromatic heterocycles. The van der Waals surface area contributed by atoms with Crippen molar-refractivity contribution in [2.75, 3.05) is 0 Å². The molecule has 18 heavy (non-hydrogen) atoms. The van der Waals surface area contributed by atoms with Gasteiger partial charge in [0.2, 0.25) is 0 Å². The minimum absolute atomic E-state index is 0.166. The Balaban J connectivity index is 2.30. The normalized spacial score (nSPS) is 12.4. The SMILES string of the molecule is C=c1nc2[nH]c(=O)c(=Cc3ccc(Cl)s3)c-2c[nH]1. The fourth-order valence-corrected chi connectivity index (χ4v) is 2.74. The van der Waals surface area contributed by atoms with E-state index in [4.69, 9.17) is 11.6 Å². The zero-order valence-corrected chi connectivity index (χ0v) is 10.7. The molecule has 3 heterocycles. The summed E-state index contributed by atoms with van der Waals surface area (Å²) < 4.78 is 0.693. The van der Waals surface area contributed by atoms with Crippen molar-refractivity contribution >= 4 is 35.6 Å². The Kier molecular flexibility index (Phi) is 2.57. The van der Waals surface area contributed by atoms with Gasteiger partial charge >= 0.3 is 0 Å². The summed E-state index contributed by atoms with van der Waals surface area (Å²) in [5.41, 5.74) is 1.09. The van der Waals surface area contributed by atoms with E-state index in [0.29, 0.717) is 20.9 Å². The van der Waals surface area contributed by atoms with Gasteiger partial charge in [0.25, 0.3) is 5.56 Å². The number of nitrogens with zero attached hydrogens (tertiary/aromatic N) is 1. The monoisotopic (exact) mass is 277 g/mol. The molecule has 2 N–H and O–H groups in total. The number of H-pyrrole nitrogens is 2. The minimum atomic E-state index is -0.166. The van der Waals surface area contributed by atoms with Crippen LogP contribution in [0.5, 0.6) is 0 Å². The van der Waals surface area contributed by atoms with Crippen LogP contribution in [-0.2, 0) is 0 Å². The highest BCUT2D eigenvalue weighted by molar-refractivity contribution is 7.16. The Morgan fingerprint density at radius 3 is 3.00 bits per heavy atom. The van der Waals surface area contributed by atoms with E-state index in [1.54, 1.807) is 18.3 Å². The van der Waals surface area contributed by atoms with Crippen LogP contribution in [0.4, 0.5) is 0 Å². The minimum Gasteiger partial charge on any atom is -0.346 e. The molecule has 0 saturated heterocycles. The summed E-state index contributed by atoms with van der Waals surface area (Å²) in [6.07, 6.45) is 3.53. The number of fused-ring (bicyclic) bond motifs is 1. The standard InChI is InChI=1S/C12H8ClN3OS/c1-6-14-5-9-8(12(17)16-11(9)15-6)4-7-2-3-10(13)18-7/h2-5,14H,1H2,(H,15,16,17). The maximum atomic E-state index is 11.9. The van der Waals surface area contributed by atoms with Crippen LogP contribution in [0, 0.1) is 0 Å². The molecule has 0 fully saturated rings. The molecular weight excluding hydrogens is 270 g/mol. The number of thiophene rings is 1. The van der Waals surface area contributed by atoms with Crippen molar-refractivity contribution in [1.82, 2.24) is 15.0 Å². The molecule has 0 aliphatic carbocycles. The molecule has 90 valence electrons. The summed E-state index contributed by atoms with van der Waals surface area (Å²) in [5, 5.41) is 0.576. The van der Waals surface area contributed by atoms with Crippen molar-refractivity contribution in [2.45, 2.75) is 0 Å². The zero-order chi connectivity index (χ0) is 12.7. The van der Waals surface area contributed by atoms with Gasteiger partial charge in [0.05, 0.1) is 9.55 Å². The molecule has 2 aliphatic rings. The Labute approximate surface area is 111 Å². The molecule has 0 unspecified atom stereocenters. The van der Waals surface area contributed by atoms with Gasteiger partial charge in [-0.3, -0.25) is 4.79 Å². The zero-order valence-electron chi connectivity index (χ0n) is 9.16. The van der Waals surface area contributed by atoms with Crippen LogP contribution in [0.2, 0.25) is 4.34 Å². The smallest absolute Gasteiger partial charge is 0.257 e. The van der Waals surface area contributed by atoms with E-state index in [2.05, 4.69) is 21.5 Å². The average molecular weight is 278 g/mol. The van der Waals surface area contributed by atoms with Crippen molar-refractivity contribution in [3.05, 3.63) is 48.6 Å². The molecule has 0 radical (unpaired) electrons. The Morgan fingerprint density at radius 1 is 1.44 bits per heavy atom. The first-order chi connectivity index (χ1) is 8.63. The summed E-state index contributed by atoms with van der Waals surface area (Å²) in [5.74, 6) is 0.539. The molecule has 0 saturated carbocycles. The van der Waals surface area contributed by atoms with Gasteiger partial charge in [-0.25, -0.2) is 4.98 Å². The van der Waals surface area contributed by atoms with Crippen LogP contribution in [0.1, 0.15) is 4.88 Å². The van der Waals surface area contributed by atoms with Gasteiger partial charge in [-0.1, -0.05) is 18.2 Å². The molecule has 0 bridgehead atoms. The Hall–Kier alpha value is -1.85. The summed E-state index contributed by atoms with van der Waals surface area (Å²) in [7, 11) is 0. The van der Waals surface area contributed by atoms with Crippen molar-refractivity contribution in [1.29, 1.82) is 0 Å². The fraction of sp³-hybridized carbons (Fsp3) is 0. The lowest BCUT2D eigenvalue weighted by Crippen LogP contribution is -2.21. The first kappa shape index (κ1) is 11.3. The molecular formula is C12H8ClN3OS. The molecule has 0 amide bonds. The van der Waals surface area contributed by atoms with Crippen molar-refractivity contribution in [2.24, 2.45) is 0 Å².